The van der Waals surface area contributed by atoms with E-state index in [0.717, 1.165) is 22.4 Å². The van der Waals surface area contributed by atoms with Crippen molar-refractivity contribution in [2.24, 2.45) is 0 Å². The minimum Gasteiger partial charge on any atom is -0.493 e. The molecular weight excluding hydrogens is 402 g/mol. The van der Waals surface area contributed by atoms with E-state index in [4.69, 9.17) is 14.5 Å². The number of methoxy groups -OCH3 is 1. The van der Waals surface area contributed by atoms with E-state index in [9.17, 15) is 4.79 Å². The summed E-state index contributed by atoms with van der Waals surface area (Å²) in [6, 6.07) is 14.0. The van der Waals surface area contributed by atoms with Gasteiger partial charge in [0, 0.05) is 25.4 Å². The summed E-state index contributed by atoms with van der Waals surface area (Å²) in [6.45, 7) is 8.07. The molecule has 1 aromatic heterocycles. The molecule has 2 aromatic carbocycles. The van der Waals surface area contributed by atoms with Crippen molar-refractivity contribution < 1.29 is 14.3 Å². The average Bonchev–Trinajstić information content (AvgIpc) is 3.35. The smallest absolute Gasteiger partial charge is 0.223 e. The van der Waals surface area contributed by atoms with Gasteiger partial charge in [0.2, 0.25) is 5.91 Å². The maximum Gasteiger partial charge on any atom is 0.223 e. The van der Waals surface area contributed by atoms with Gasteiger partial charge >= 0.3 is 0 Å². The number of carbonyl (C=O) groups excluding carboxylic acids is 1. The number of imidazole rings is 1. The highest BCUT2D eigenvalue weighted by molar-refractivity contribution is 5.81. The topological polar surface area (TPSA) is 56.6 Å². The van der Waals surface area contributed by atoms with E-state index in [1.807, 2.05) is 60.4 Å². The average molecular weight is 432 g/mol. The van der Waals surface area contributed by atoms with Crippen LogP contribution in [0.5, 0.6) is 11.5 Å². The lowest BCUT2D eigenvalue weighted by atomic mass is 10.1. The number of hydrogen-bond acceptors (Lipinski definition) is 4. The molecule has 0 saturated carbocycles. The van der Waals surface area contributed by atoms with Crippen LogP contribution in [0, 0.1) is 0 Å². The fraction of sp³-hybridized carbons (Fsp3) is 0.308. The quantitative estimate of drug-likeness (QED) is 0.463. The Kier molecular flexibility index (Phi) is 6.59. The van der Waals surface area contributed by atoms with Gasteiger partial charge in [0.15, 0.2) is 11.5 Å². The van der Waals surface area contributed by atoms with Gasteiger partial charge in [-0.25, -0.2) is 4.98 Å². The van der Waals surface area contributed by atoms with Crippen molar-refractivity contribution in [3.05, 3.63) is 72.6 Å². The van der Waals surface area contributed by atoms with Crippen molar-refractivity contribution in [1.29, 1.82) is 0 Å². The number of para-hydroxylation sites is 2. The molecule has 166 valence electrons. The van der Waals surface area contributed by atoms with Gasteiger partial charge < -0.3 is 18.9 Å². The summed E-state index contributed by atoms with van der Waals surface area (Å²) in [5, 5.41) is 0. The molecule has 1 amide bonds. The third kappa shape index (κ3) is 4.40. The van der Waals surface area contributed by atoms with Crippen molar-refractivity contribution in [3.8, 4) is 11.5 Å². The fourth-order valence-electron chi connectivity index (χ4n) is 4.26. The second-order valence-corrected chi connectivity index (χ2v) is 7.86. The number of hydrogen-bond donors (Lipinski definition) is 0. The number of fused-ring (bicyclic) bond motifs is 1. The molecule has 1 aliphatic heterocycles. The zero-order chi connectivity index (χ0) is 22.5. The number of amides is 1. The fourth-order valence-corrected chi connectivity index (χ4v) is 4.26. The van der Waals surface area contributed by atoms with Gasteiger partial charge in [-0.05, 0) is 36.8 Å². The molecule has 0 radical (unpaired) electrons. The molecule has 32 heavy (non-hydrogen) atoms. The molecule has 2 heterocycles. The van der Waals surface area contributed by atoms with Crippen LogP contribution in [0.25, 0.3) is 17.1 Å². The Morgan fingerprint density at radius 1 is 1.22 bits per heavy atom. The van der Waals surface area contributed by atoms with E-state index < -0.39 is 0 Å². The number of likely N-dealkylation sites (tertiary alicyclic amines) is 1. The molecule has 3 aromatic rings. The molecule has 1 aliphatic rings. The SMILES string of the molecule is C=CCN1CC(c2nc3ccccc3n2CCOc2ccc(/C=C/C)cc2OC)CC1=O. The molecule has 1 unspecified atom stereocenters. The first-order valence-electron chi connectivity index (χ1n) is 10.9. The van der Waals surface area contributed by atoms with Crippen LogP contribution in [0.1, 0.15) is 30.7 Å². The monoisotopic (exact) mass is 431 g/mol. The summed E-state index contributed by atoms with van der Waals surface area (Å²) < 4.78 is 13.8. The minimum absolute atomic E-state index is 0.0597. The molecule has 0 bridgehead atoms. The van der Waals surface area contributed by atoms with E-state index >= 15 is 0 Å². The molecule has 0 aliphatic carbocycles. The Hall–Kier alpha value is -3.54. The largest absolute Gasteiger partial charge is 0.493 e. The number of benzene rings is 2. The minimum atomic E-state index is 0.0597. The molecule has 1 fully saturated rings. The standard InChI is InChI=1S/C26H29N3O3/c1-4-8-19-11-12-23(24(16-19)31-3)32-15-14-29-22-10-7-6-9-21(22)27-26(29)20-17-25(30)28(18-20)13-5-2/h4-12,16,20H,2,13-15,17-18H2,1,3H3/b8-4+. The number of ether oxygens (including phenoxy) is 2. The van der Waals surface area contributed by atoms with Gasteiger partial charge in [-0.2, -0.15) is 0 Å². The van der Waals surface area contributed by atoms with Gasteiger partial charge in [-0.1, -0.05) is 36.4 Å². The third-order valence-corrected chi connectivity index (χ3v) is 5.73. The molecule has 1 saturated heterocycles. The highest BCUT2D eigenvalue weighted by Crippen LogP contribution is 2.31. The maximum absolute atomic E-state index is 12.4. The van der Waals surface area contributed by atoms with Crippen LogP contribution in [0.15, 0.2) is 61.2 Å². The highest BCUT2D eigenvalue weighted by atomic mass is 16.5. The van der Waals surface area contributed by atoms with Crippen LogP contribution in [-0.4, -0.2) is 47.2 Å². The van der Waals surface area contributed by atoms with E-state index in [-0.39, 0.29) is 11.8 Å². The number of nitrogens with zero attached hydrogens (tertiary/aromatic N) is 3. The van der Waals surface area contributed by atoms with E-state index in [0.29, 0.717) is 44.2 Å². The Morgan fingerprint density at radius 3 is 2.84 bits per heavy atom. The van der Waals surface area contributed by atoms with Gasteiger partial charge in [0.05, 0.1) is 24.7 Å². The summed E-state index contributed by atoms with van der Waals surface area (Å²) in [5.41, 5.74) is 3.05. The Balaban J connectivity index is 1.55. The molecule has 6 nitrogen and oxygen atoms in total. The third-order valence-electron chi connectivity index (χ3n) is 5.73. The Bertz CT molecular complexity index is 1150. The van der Waals surface area contributed by atoms with Gasteiger partial charge in [0.1, 0.15) is 12.4 Å². The van der Waals surface area contributed by atoms with E-state index in [2.05, 4.69) is 17.2 Å². The lowest BCUT2D eigenvalue weighted by molar-refractivity contribution is -0.127. The predicted molar refractivity (Wildman–Crippen MR) is 127 cm³/mol. The Morgan fingerprint density at radius 2 is 2.06 bits per heavy atom. The first-order valence-corrected chi connectivity index (χ1v) is 10.9. The zero-order valence-corrected chi connectivity index (χ0v) is 18.7. The van der Waals surface area contributed by atoms with E-state index in [1.54, 1.807) is 13.2 Å². The summed E-state index contributed by atoms with van der Waals surface area (Å²) in [4.78, 5) is 19.1. The molecular formula is C26H29N3O3. The summed E-state index contributed by atoms with van der Waals surface area (Å²) >= 11 is 0. The van der Waals surface area contributed by atoms with Crippen molar-refractivity contribution in [1.82, 2.24) is 14.5 Å². The molecule has 0 spiro atoms. The maximum atomic E-state index is 12.4. The van der Waals surface area contributed by atoms with Crippen LogP contribution in [0.2, 0.25) is 0 Å². The van der Waals surface area contributed by atoms with Crippen LogP contribution in [-0.2, 0) is 11.3 Å². The van der Waals surface area contributed by atoms with Gasteiger partial charge in [-0.3, -0.25) is 4.79 Å². The van der Waals surface area contributed by atoms with Gasteiger partial charge in [0.25, 0.3) is 0 Å². The predicted octanol–water partition coefficient (Wildman–Crippen LogP) is 4.66. The van der Waals surface area contributed by atoms with Crippen LogP contribution in [0.3, 0.4) is 0 Å². The zero-order valence-electron chi connectivity index (χ0n) is 18.7. The molecule has 1 atom stereocenters. The van der Waals surface area contributed by atoms with Crippen LogP contribution >= 0.6 is 0 Å². The summed E-state index contributed by atoms with van der Waals surface area (Å²) in [5.74, 6) is 2.56. The first kappa shape index (κ1) is 21.7. The van der Waals surface area contributed by atoms with Crippen molar-refractivity contribution in [3.63, 3.8) is 0 Å². The Labute approximate surface area is 188 Å². The van der Waals surface area contributed by atoms with Crippen LogP contribution in [0.4, 0.5) is 0 Å². The summed E-state index contributed by atoms with van der Waals surface area (Å²) in [6.07, 6.45) is 6.25. The van der Waals surface area contributed by atoms with Crippen molar-refractivity contribution in [2.45, 2.75) is 25.8 Å². The van der Waals surface area contributed by atoms with E-state index in [1.165, 1.54) is 0 Å². The molecule has 6 heteroatoms. The summed E-state index contributed by atoms with van der Waals surface area (Å²) in [7, 11) is 1.65. The second kappa shape index (κ2) is 9.73. The van der Waals surface area contributed by atoms with Crippen molar-refractivity contribution >= 4 is 23.0 Å². The number of rotatable bonds is 9. The lowest BCUT2D eigenvalue weighted by Crippen LogP contribution is -2.25. The number of aromatic nitrogens is 2. The van der Waals surface area contributed by atoms with Gasteiger partial charge in [-0.15, -0.1) is 6.58 Å². The molecule has 4 rings (SSSR count). The number of carbonyl (C=O) groups is 1. The normalized spacial score (nSPS) is 16.2. The highest BCUT2D eigenvalue weighted by Gasteiger charge is 2.33. The van der Waals surface area contributed by atoms with Crippen LogP contribution < -0.4 is 9.47 Å². The second-order valence-electron chi connectivity index (χ2n) is 7.86. The number of allylic oxidation sites excluding steroid dienone is 1. The first-order chi connectivity index (χ1) is 15.6. The van der Waals surface area contributed by atoms with Crippen molar-refractivity contribution in [2.75, 3.05) is 26.8 Å². The lowest BCUT2D eigenvalue weighted by Gasteiger charge is -2.16. The molecule has 0 N–H and O–H groups in total.